The van der Waals surface area contributed by atoms with E-state index in [1.165, 1.54) is 12.1 Å². The van der Waals surface area contributed by atoms with Gasteiger partial charge in [-0.25, -0.2) is 4.39 Å². The minimum atomic E-state index is -0.320. The molecule has 1 saturated carbocycles. The molecule has 1 saturated heterocycles. The lowest BCUT2D eigenvalue weighted by Crippen LogP contribution is -2.46. The molecule has 0 aromatic heterocycles. The Morgan fingerprint density at radius 2 is 1.96 bits per heavy atom. The van der Waals surface area contributed by atoms with Crippen molar-refractivity contribution in [3.05, 3.63) is 36.7 Å². The first-order valence-electron chi connectivity index (χ1n) is 9.44. The number of nitrogens with zero attached hydrogens (tertiary/aromatic N) is 1. The SMILES string of the molecule is C=CC(=O)N[C@@H]1CCCC[C@@H]1C(=O)Nc1ccc(N2CCSCC2)c(F)c1. The molecule has 27 heavy (non-hydrogen) atoms. The van der Waals surface area contributed by atoms with Crippen molar-refractivity contribution < 1.29 is 14.0 Å². The van der Waals surface area contributed by atoms with Gasteiger partial charge in [0, 0.05) is 36.3 Å². The maximum atomic E-state index is 14.6. The largest absolute Gasteiger partial charge is 0.368 e. The Morgan fingerprint density at radius 3 is 2.67 bits per heavy atom. The molecule has 7 heteroatoms. The Morgan fingerprint density at radius 1 is 1.22 bits per heavy atom. The fourth-order valence-electron chi connectivity index (χ4n) is 3.74. The first-order chi connectivity index (χ1) is 13.1. The van der Waals surface area contributed by atoms with Crippen molar-refractivity contribution in [2.45, 2.75) is 31.7 Å². The van der Waals surface area contributed by atoms with Crippen molar-refractivity contribution in [3.8, 4) is 0 Å². The zero-order valence-corrected chi connectivity index (χ0v) is 16.2. The van der Waals surface area contributed by atoms with Crippen LogP contribution in [0.3, 0.4) is 0 Å². The standard InChI is InChI=1S/C20H26FN3O2S/c1-2-19(25)23-17-6-4-3-5-15(17)20(26)22-14-7-8-18(16(21)13-14)24-9-11-27-12-10-24/h2,7-8,13,15,17H,1,3-6,9-12H2,(H,22,26)(H,23,25)/t15-,17+/m0/s1. The molecule has 2 aliphatic rings. The van der Waals surface area contributed by atoms with Gasteiger partial charge in [0.1, 0.15) is 5.82 Å². The van der Waals surface area contributed by atoms with Crippen molar-refractivity contribution in [2.24, 2.45) is 5.92 Å². The van der Waals surface area contributed by atoms with Gasteiger partial charge in [0.25, 0.3) is 0 Å². The van der Waals surface area contributed by atoms with E-state index in [-0.39, 0.29) is 29.6 Å². The molecule has 0 bridgehead atoms. The molecule has 5 nitrogen and oxygen atoms in total. The molecular formula is C20H26FN3O2S. The summed E-state index contributed by atoms with van der Waals surface area (Å²) in [6.07, 6.45) is 4.61. The summed E-state index contributed by atoms with van der Waals surface area (Å²) in [5.41, 5.74) is 1.04. The number of hydrogen-bond acceptors (Lipinski definition) is 4. The molecule has 0 spiro atoms. The maximum absolute atomic E-state index is 14.6. The quantitative estimate of drug-likeness (QED) is 0.757. The molecule has 3 rings (SSSR count). The molecule has 2 N–H and O–H groups in total. The monoisotopic (exact) mass is 391 g/mol. The number of carbonyl (C=O) groups is 2. The summed E-state index contributed by atoms with van der Waals surface area (Å²) >= 11 is 1.88. The molecule has 0 radical (unpaired) electrons. The topological polar surface area (TPSA) is 61.4 Å². The molecule has 2 fully saturated rings. The van der Waals surface area contributed by atoms with Gasteiger partial charge in [-0.1, -0.05) is 19.4 Å². The molecule has 1 aliphatic heterocycles. The average Bonchev–Trinajstić information content (AvgIpc) is 2.69. The fourth-order valence-corrected chi connectivity index (χ4v) is 4.64. The van der Waals surface area contributed by atoms with Crippen LogP contribution >= 0.6 is 11.8 Å². The van der Waals surface area contributed by atoms with Gasteiger partial charge in [0.2, 0.25) is 11.8 Å². The van der Waals surface area contributed by atoms with Crippen LogP contribution in [0.25, 0.3) is 0 Å². The first kappa shape index (κ1) is 19.7. The highest BCUT2D eigenvalue weighted by Gasteiger charge is 2.31. The highest BCUT2D eigenvalue weighted by Crippen LogP contribution is 2.28. The van der Waals surface area contributed by atoms with Crippen LogP contribution in [0.4, 0.5) is 15.8 Å². The van der Waals surface area contributed by atoms with E-state index in [2.05, 4.69) is 17.2 Å². The lowest BCUT2D eigenvalue weighted by molar-refractivity contribution is -0.123. The highest BCUT2D eigenvalue weighted by atomic mass is 32.2. The Balaban J connectivity index is 1.66. The number of hydrogen-bond donors (Lipinski definition) is 2. The zero-order chi connectivity index (χ0) is 19.2. The fraction of sp³-hybridized carbons (Fsp3) is 0.500. The van der Waals surface area contributed by atoms with Crippen LogP contribution in [0.15, 0.2) is 30.9 Å². The normalized spacial score (nSPS) is 22.8. The minimum absolute atomic E-state index is 0.175. The van der Waals surface area contributed by atoms with E-state index in [0.717, 1.165) is 43.9 Å². The molecule has 2 atom stereocenters. The Bertz CT molecular complexity index is 706. The number of rotatable bonds is 5. The summed E-state index contributed by atoms with van der Waals surface area (Å²) in [5.74, 6) is 0.916. The van der Waals surface area contributed by atoms with Crippen molar-refractivity contribution in [1.29, 1.82) is 0 Å². The van der Waals surface area contributed by atoms with E-state index in [4.69, 9.17) is 0 Å². The second kappa shape index (κ2) is 9.26. The number of nitrogens with one attached hydrogen (secondary N) is 2. The lowest BCUT2D eigenvalue weighted by Gasteiger charge is -2.31. The average molecular weight is 392 g/mol. The Hall–Kier alpha value is -2.02. The maximum Gasteiger partial charge on any atom is 0.243 e. The summed E-state index contributed by atoms with van der Waals surface area (Å²) in [4.78, 5) is 26.4. The van der Waals surface area contributed by atoms with Crippen LogP contribution in [0.2, 0.25) is 0 Å². The van der Waals surface area contributed by atoms with Crippen LogP contribution in [0.1, 0.15) is 25.7 Å². The van der Waals surface area contributed by atoms with E-state index < -0.39 is 0 Å². The smallest absolute Gasteiger partial charge is 0.243 e. The predicted molar refractivity (Wildman–Crippen MR) is 109 cm³/mol. The summed E-state index contributed by atoms with van der Waals surface area (Å²) in [6, 6.07) is 4.66. The summed E-state index contributed by atoms with van der Waals surface area (Å²) in [7, 11) is 0. The van der Waals surface area contributed by atoms with Gasteiger partial charge < -0.3 is 15.5 Å². The van der Waals surface area contributed by atoms with E-state index >= 15 is 0 Å². The summed E-state index contributed by atoms with van der Waals surface area (Å²) < 4.78 is 14.6. The van der Waals surface area contributed by atoms with E-state index in [9.17, 15) is 14.0 Å². The van der Waals surface area contributed by atoms with Crippen LogP contribution in [-0.4, -0.2) is 42.5 Å². The minimum Gasteiger partial charge on any atom is -0.368 e. The van der Waals surface area contributed by atoms with Crippen LogP contribution in [0.5, 0.6) is 0 Å². The van der Waals surface area contributed by atoms with Gasteiger partial charge in [0.05, 0.1) is 11.6 Å². The first-order valence-corrected chi connectivity index (χ1v) is 10.6. The van der Waals surface area contributed by atoms with Gasteiger partial charge in [-0.05, 0) is 37.1 Å². The molecular weight excluding hydrogens is 365 g/mol. The third kappa shape index (κ3) is 5.03. The number of halogens is 1. The van der Waals surface area contributed by atoms with Crippen molar-refractivity contribution in [1.82, 2.24) is 5.32 Å². The lowest BCUT2D eigenvalue weighted by atomic mass is 9.83. The third-order valence-corrected chi connectivity index (χ3v) is 6.13. The van der Waals surface area contributed by atoms with Crippen LogP contribution in [0, 0.1) is 11.7 Å². The summed E-state index contributed by atoms with van der Waals surface area (Å²) in [5, 5.41) is 5.67. The van der Waals surface area contributed by atoms with Gasteiger partial charge in [-0.2, -0.15) is 11.8 Å². The number of amides is 2. The number of thioether (sulfide) groups is 1. The molecule has 1 aliphatic carbocycles. The van der Waals surface area contributed by atoms with Gasteiger partial charge >= 0.3 is 0 Å². The second-order valence-electron chi connectivity index (χ2n) is 6.97. The molecule has 0 unspecified atom stereocenters. The third-order valence-electron chi connectivity index (χ3n) is 5.18. The van der Waals surface area contributed by atoms with E-state index in [1.807, 2.05) is 16.7 Å². The second-order valence-corrected chi connectivity index (χ2v) is 8.19. The van der Waals surface area contributed by atoms with Gasteiger partial charge in [0.15, 0.2) is 0 Å². The summed E-state index contributed by atoms with van der Waals surface area (Å²) in [6.45, 7) is 5.13. The van der Waals surface area contributed by atoms with Crippen molar-refractivity contribution in [3.63, 3.8) is 0 Å². The zero-order valence-electron chi connectivity index (χ0n) is 15.4. The molecule has 1 aromatic rings. The number of benzene rings is 1. The van der Waals surface area contributed by atoms with Crippen LogP contribution in [-0.2, 0) is 9.59 Å². The number of anilines is 2. The molecule has 1 aromatic carbocycles. The van der Waals surface area contributed by atoms with Crippen LogP contribution < -0.4 is 15.5 Å². The Kier molecular flexibility index (Phi) is 6.77. The van der Waals surface area contributed by atoms with E-state index in [0.29, 0.717) is 17.8 Å². The Labute approximate surface area is 163 Å². The van der Waals surface area contributed by atoms with Gasteiger partial charge in [-0.3, -0.25) is 9.59 Å². The van der Waals surface area contributed by atoms with Crippen molar-refractivity contribution >= 4 is 35.0 Å². The van der Waals surface area contributed by atoms with E-state index in [1.54, 1.807) is 12.1 Å². The highest BCUT2D eigenvalue weighted by molar-refractivity contribution is 7.99. The number of carbonyl (C=O) groups excluding carboxylic acids is 2. The van der Waals surface area contributed by atoms with Gasteiger partial charge in [-0.15, -0.1) is 0 Å². The molecule has 146 valence electrons. The molecule has 1 heterocycles. The predicted octanol–water partition coefficient (Wildman–Crippen LogP) is 3.18. The van der Waals surface area contributed by atoms with Crippen molar-refractivity contribution in [2.75, 3.05) is 34.8 Å². The molecule has 2 amide bonds.